The van der Waals surface area contributed by atoms with Crippen LogP contribution in [0.2, 0.25) is 0 Å². The van der Waals surface area contributed by atoms with Crippen LogP contribution >= 0.6 is 0 Å². The molecule has 0 bridgehead atoms. The zero-order valence-corrected chi connectivity index (χ0v) is 17.5. The molecule has 2 aliphatic rings. The van der Waals surface area contributed by atoms with Crippen molar-refractivity contribution in [2.75, 3.05) is 13.7 Å². The van der Waals surface area contributed by atoms with E-state index < -0.39 is 24.4 Å². The second-order valence-electron chi connectivity index (χ2n) is 8.46. The molecule has 2 saturated heterocycles. The number of rotatable bonds is 6. The summed E-state index contributed by atoms with van der Waals surface area (Å²) in [4.78, 5) is 28.8. The Kier molecular flexibility index (Phi) is 5.78. The van der Waals surface area contributed by atoms with Gasteiger partial charge in [0.05, 0.1) is 30.4 Å². The fraction of sp³-hybridized carbons (Fsp3) is 0.632. The normalized spacial score (nSPS) is 22.4. The van der Waals surface area contributed by atoms with Crippen LogP contribution in [0.4, 0.5) is 4.79 Å². The molecule has 2 amide bonds. The molecule has 10 heteroatoms. The quantitative estimate of drug-likeness (QED) is 0.683. The number of amides is 2. The zero-order valence-electron chi connectivity index (χ0n) is 17.5. The Morgan fingerprint density at radius 1 is 1.34 bits per heavy atom. The van der Waals surface area contributed by atoms with E-state index in [2.05, 4.69) is 10.3 Å². The predicted molar refractivity (Wildman–Crippen MR) is 106 cm³/mol. The number of ether oxygens (including phenoxy) is 1. The summed E-state index contributed by atoms with van der Waals surface area (Å²) in [5.41, 5.74) is 0.211. The van der Waals surface area contributed by atoms with Gasteiger partial charge in [0.2, 0.25) is 11.8 Å². The van der Waals surface area contributed by atoms with Crippen LogP contribution in [0.3, 0.4) is 0 Å². The van der Waals surface area contributed by atoms with Gasteiger partial charge < -0.3 is 29.4 Å². The first-order valence-electron chi connectivity index (χ1n) is 9.69. The summed E-state index contributed by atoms with van der Waals surface area (Å²) in [5.74, 6) is 0.269. The average molecular weight is 405 g/mol. The Labute approximate surface area is 170 Å². The molecule has 29 heavy (non-hydrogen) atoms. The van der Waals surface area contributed by atoms with Crippen LogP contribution in [-0.4, -0.2) is 65.0 Å². The van der Waals surface area contributed by atoms with Gasteiger partial charge in [-0.2, -0.15) is 0 Å². The number of carbonyl (C=O) groups is 2. The van der Waals surface area contributed by atoms with Gasteiger partial charge in [-0.15, -0.1) is 0 Å². The van der Waals surface area contributed by atoms with Crippen molar-refractivity contribution < 1.29 is 28.7 Å². The van der Waals surface area contributed by atoms with Gasteiger partial charge in [0.15, 0.2) is 0 Å². The number of carboxylic acid groups (broad SMARTS) is 1. The highest BCUT2D eigenvalue weighted by atomic mass is 16.7. The Morgan fingerprint density at radius 2 is 2.00 bits per heavy atom. The van der Waals surface area contributed by atoms with Crippen molar-refractivity contribution in [1.82, 2.24) is 15.2 Å². The highest BCUT2D eigenvalue weighted by molar-refractivity contribution is 6.61. The van der Waals surface area contributed by atoms with E-state index in [1.807, 2.05) is 27.7 Å². The molecule has 1 aromatic heterocycles. The smallest absolute Gasteiger partial charge is 0.481 e. The van der Waals surface area contributed by atoms with Crippen molar-refractivity contribution in [3.05, 3.63) is 17.7 Å². The molecule has 3 rings (SSSR count). The minimum atomic E-state index is -1.07. The van der Waals surface area contributed by atoms with Crippen molar-refractivity contribution in [3.63, 3.8) is 0 Å². The molecule has 2 aliphatic heterocycles. The van der Waals surface area contributed by atoms with E-state index in [9.17, 15) is 14.7 Å². The molecule has 1 aromatic rings. The van der Waals surface area contributed by atoms with E-state index in [-0.39, 0.29) is 25.0 Å². The number of nitrogens with zero attached hydrogens (tertiary/aromatic N) is 2. The van der Waals surface area contributed by atoms with Crippen molar-refractivity contribution in [2.45, 2.75) is 64.3 Å². The molecule has 2 N–H and O–H groups in total. The first-order chi connectivity index (χ1) is 13.5. The highest BCUT2D eigenvalue weighted by Crippen LogP contribution is 2.36. The number of carbonyl (C=O) groups excluding carboxylic acids is 1. The van der Waals surface area contributed by atoms with Crippen molar-refractivity contribution >= 4 is 24.7 Å². The van der Waals surface area contributed by atoms with E-state index in [1.165, 1.54) is 12.0 Å². The first-order valence-corrected chi connectivity index (χ1v) is 9.69. The Hall–Kier alpha value is -2.33. The summed E-state index contributed by atoms with van der Waals surface area (Å²) in [6.45, 7) is 8.16. The number of pyridine rings is 1. The molecule has 0 aromatic carbocycles. The number of aromatic nitrogens is 1. The standard InChI is InChI=1S/C19H28BN3O6/c1-18(2)19(3,4)29-20(28-18)14-8-6-12(16(22-14)27-5)10-23(17(25)26)11-13-7-9-15(24)21-13/h6,8,13H,7,9-11H2,1-5H3,(H,21,24)(H,25,26). The molecule has 3 heterocycles. The third kappa shape index (κ3) is 4.48. The van der Waals surface area contributed by atoms with Gasteiger partial charge in [-0.05, 0) is 40.2 Å². The highest BCUT2D eigenvalue weighted by Gasteiger charge is 2.52. The summed E-state index contributed by atoms with van der Waals surface area (Å²) >= 11 is 0. The number of methoxy groups -OCH3 is 1. The molecule has 0 spiro atoms. The summed E-state index contributed by atoms with van der Waals surface area (Å²) in [5, 5.41) is 12.4. The summed E-state index contributed by atoms with van der Waals surface area (Å²) in [6.07, 6.45) is -0.0202. The van der Waals surface area contributed by atoms with E-state index in [0.717, 1.165) is 0 Å². The minimum absolute atomic E-state index is 0.0497. The van der Waals surface area contributed by atoms with E-state index in [1.54, 1.807) is 12.1 Å². The lowest BCUT2D eigenvalue weighted by Crippen LogP contribution is -2.41. The summed E-state index contributed by atoms with van der Waals surface area (Å²) in [6, 6.07) is 3.36. The molecule has 158 valence electrons. The average Bonchev–Trinajstić information content (AvgIpc) is 3.13. The van der Waals surface area contributed by atoms with Gasteiger partial charge in [-0.3, -0.25) is 4.79 Å². The molecule has 9 nitrogen and oxygen atoms in total. The Bertz CT molecular complexity index is 784. The lowest BCUT2D eigenvalue weighted by molar-refractivity contribution is -0.119. The summed E-state index contributed by atoms with van der Waals surface area (Å²) < 4.78 is 17.5. The maximum absolute atomic E-state index is 11.7. The van der Waals surface area contributed by atoms with Crippen molar-refractivity contribution in [2.24, 2.45) is 0 Å². The fourth-order valence-electron chi connectivity index (χ4n) is 3.37. The van der Waals surface area contributed by atoms with Crippen LogP contribution in [0.25, 0.3) is 0 Å². The molecule has 0 radical (unpaired) electrons. The summed E-state index contributed by atoms with van der Waals surface area (Å²) in [7, 11) is 0.856. The van der Waals surface area contributed by atoms with Gasteiger partial charge in [0.1, 0.15) is 0 Å². The lowest BCUT2D eigenvalue weighted by Gasteiger charge is -2.32. The van der Waals surface area contributed by atoms with E-state index >= 15 is 0 Å². The van der Waals surface area contributed by atoms with Crippen molar-refractivity contribution in [1.29, 1.82) is 0 Å². The van der Waals surface area contributed by atoms with Crippen LogP contribution in [0, 0.1) is 0 Å². The largest absolute Gasteiger partial charge is 0.514 e. The third-order valence-corrected chi connectivity index (χ3v) is 5.81. The van der Waals surface area contributed by atoms with Crippen LogP contribution in [-0.2, 0) is 20.6 Å². The van der Waals surface area contributed by atoms with Crippen LogP contribution in [0.5, 0.6) is 5.88 Å². The maximum atomic E-state index is 11.7. The third-order valence-electron chi connectivity index (χ3n) is 5.81. The molecular weight excluding hydrogens is 377 g/mol. The monoisotopic (exact) mass is 405 g/mol. The molecular formula is C19H28BN3O6. The van der Waals surface area contributed by atoms with E-state index in [4.69, 9.17) is 14.0 Å². The van der Waals surface area contributed by atoms with Gasteiger partial charge in [0, 0.05) is 24.6 Å². The zero-order chi connectivity index (χ0) is 21.4. The van der Waals surface area contributed by atoms with Crippen molar-refractivity contribution in [3.8, 4) is 5.88 Å². The molecule has 1 unspecified atom stereocenters. The number of nitrogens with one attached hydrogen (secondary N) is 1. The number of hydrogen-bond acceptors (Lipinski definition) is 6. The number of hydrogen-bond donors (Lipinski definition) is 2. The maximum Gasteiger partial charge on any atom is 0.514 e. The van der Waals surface area contributed by atoms with Gasteiger partial charge >= 0.3 is 13.2 Å². The first kappa shape index (κ1) is 21.4. The SMILES string of the molecule is COc1nc(B2OC(C)(C)C(C)(C)O2)ccc1CN(CC1CCC(=O)N1)C(=O)O. The Balaban J connectivity index is 1.76. The van der Waals surface area contributed by atoms with Crippen LogP contribution in [0.15, 0.2) is 12.1 Å². The topological polar surface area (TPSA) is 110 Å². The molecule has 0 aliphatic carbocycles. The van der Waals surface area contributed by atoms with E-state index in [0.29, 0.717) is 29.9 Å². The lowest BCUT2D eigenvalue weighted by atomic mass is 9.84. The molecule has 1 atom stereocenters. The van der Waals surface area contributed by atoms with Crippen LogP contribution in [0.1, 0.15) is 46.1 Å². The molecule has 0 saturated carbocycles. The Morgan fingerprint density at radius 3 is 2.52 bits per heavy atom. The second-order valence-corrected chi connectivity index (χ2v) is 8.46. The predicted octanol–water partition coefficient (Wildman–Crippen LogP) is 1.15. The van der Waals surface area contributed by atoms with Gasteiger partial charge in [-0.25, -0.2) is 9.78 Å². The van der Waals surface area contributed by atoms with Gasteiger partial charge in [0.25, 0.3) is 0 Å². The fourth-order valence-corrected chi connectivity index (χ4v) is 3.37. The minimum Gasteiger partial charge on any atom is -0.481 e. The molecule has 2 fully saturated rings. The second kappa shape index (κ2) is 7.83. The van der Waals surface area contributed by atoms with Crippen LogP contribution < -0.4 is 15.6 Å². The van der Waals surface area contributed by atoms with Gasteiger partial charge in [-0.1, -0.05) is 6.07 Å².